The lowest BCUT2D eigenvalue weighted by atomic mass is 10.1. The van der Waals surface area contributed by atoms with Crippen LogP contribution in [0.3, 0.4) is 0 Å². The van der Waals surface area contributed by atoms with Crippen molar-refractivity contribution in [2.45, 2.75) is 11.7 Å². The number of carbonyl (C=O) groups is 1. The van der Waals surface area contributed by atoms with Crippen LogP contribution in [0.15, 0.2) is 63.3 Å². The highest BCUT2D eigenvalue weighted by atomic mass is 32.2. The minimum atomic E-state index is -0.507. The average molecular weight is 509 g/mol. The first-order chi connectivity index (χ1) is 17.3. The summed E-state index contributed by atoms with van der Waals surface area (Å²) in [5, 5.41) is 8.87. The summed E-state index contributed by atoms with van der Waals surface area (Å²) in [6, 6.07) is 12.7. The van der Waals surface area contributed by atoms with Crippen molar-refractivity contribution in [1.29, 1.82) is 0 Å². The Labute approximate surface area is 207 Å². The van der Waals surface area contributed by atoms with Gasteiger partial charge in [0.2, 0.25) is 5.78 Å². The molecule has 0 saturated heterocycles. The Morgan fingerprint density at radius 2 is 1.69 bits per heavy atom. The van der Waals surface area contributed by atoms with Gasteiger partial charge in [0.25, 0.3) is 5.56 Å². The van der Waals surface area contributed by atoms with Gasteiger partial charge in [-0.3, -0.25) is 23.3 Å². The number of Topliss-reactive ketones (excluding diaryl/α,β-unsaturated/α-hetero) is 1. The van der Waals surface area contributed by atoms with E-state index in [4.69, 9.17) is 4.74 Å². The van der Waals surface area contributed by atoms with E-state index >= 15 is 0 Å². The van der Waals surface area contributed by atoms with Gasteiger partial charge in [-0.1, -0.05) is 23.9 Å². The van der Waals surface area contributed by atoms with Crippen LogP contribution in [0.4, 0.5) is 4.39 Å². The fourth-order valence-electron chi connectivity index (χ4n) is 4.04. The minimum absolute atomic E-state index is 0.0660. The smallest absolute Gasteiger partial charge is 0.332 e. The fraction of sp³-hybridized carbons (Fsp3) is 0.208. The number of carbonyl (C=O) groups excluding carboxylic acids is 1. The SMILES string of the molecule is COc1ccc(C(=O)CSc2nnc3n(Cc4ccc(F)cc4)c4c(=O)n(C)c(=O)n(C)c4n23)cc1. The number of ketones is 1. The Balaban J connectivity index is 1.60. The van der Waals surface area contributed by atoms with Crippen LogP contribution in [0.5, 0.6) is 5.75 Å². The summed E-state index contributed by atoms with van der Waals surface area (Å²) in [7, 11) is 4.52. The average Bonchev–Trinajstić information content (AvgIpc) is 3.44. The maximum absolute atomic E-state index is 13.4. The number of nitrogens with zero attached hydrogens (tertiary/aromatic N) is 6. The van der Waals surface area contributed by atoms with Crippen LogP contribution < -0.4 is 16.0 Å². The highest BCUT2D eigenvalue weighted by molar-refractivity contribution is 7.99. The molecule has 0 spiro atoms. The maximum atomic E-state index is 13.4. The number of halogens is 1. The molecule has 12 heteroatoms. The van der Waals surface area contributed by atoms with Gasteiger partial charge in [0.05, 0.1) is 19.4 Å². The molecule has 0 aliphatic carbocycles. The van der Waals surface area contributed by atoms with E-state index in [1.54, 1.807) is 59.5 Å². The first-order valence-corrected chi connectivity index (χ1v) is 11.9. The molecule has 5 rings (SSSR count). The normalized spacial score (nSPS) is 11.4. The summed E-state index contributed by atoms with van der Waals surface area (Å²) in [5.74, 6) is 0.541. The highest BCUT2D eigenvalue weighted by Gasteiger charge is 2.24. The summed E-state index contributed by atoms with van der Waals surface area (Å²) >= 11 is 1.15. The van der Waals surface area contributed by atoms with E-state index < -0.39 is 11.2 Å². The molecular formula is C24H21FN6O4S. The lowest BCUT2D eigenvalue weighted by Crippen LogP contribution is -2.37. The molecule has 0 fully saturated rings. The number of benzene rings is 2. The molecule has 3 aromatic heterocycles. The molecule has 0 bridgehead atoms. The molecule has 0 atom stereocenters. The van der Waals surface area contributed by atoms with Gasteiger partial charge in [-0.15, -0.1) is 10.2 Å². The number of ether oxygens (including phenoxy) is 1. The lowest BCUT2D eigenvalue weighted by Gasteiger charge is -2.07. The summed E-state index contributed by atoms with van der Waals surface area (Å²) in [6.07, 6.45) is 0. The molecule has 2 aromatic carbocycles. The number of aryl methyl sites for hydroxylation is 1. The zero-order valence-corrected chi connectivity index (χ0v) is 20.5. The van der Waals surface area contributed by atoms with E-state index in [-0.39, 0.29) is 29.4 Å². The predicted molar refractivity (Wildman–Crippen MR) is 133 cm³/mol. The summed E-state index contributed by atoms with van der Waals surface area (Å²) in [5.41, 5.74) is 0.808. The van der Waals surface area contributed by atoms with Crippen LogP contribution in [-0.4, -0.2) is 46.9 Å². The maximum Gasteiger partial charge on any atom is 0.332 e. The van der Waals surface area contributed by atoms with Crippen molar-refractivity contribution in [3.63, 3.8) is 0 Å². The Kier molecular flexibility index (Phi) is 5.96. The zero-order valence-electron chi connectivity index (χ0n) is 19.6. The Morgan fingerprint density at radius 1 is 1.00 bits per heavy atom. The van der Waals surface area contributed by atoms with Gasteiger partial charge in [0.15, 0.2) is 22.1 Å². The number of imidazole rings is 1. The number of aromatic nitrogens is 6. The Bertz CT molecular complexity index is 1730. The number of fused-ring (bicyclic) bond motifs is 3. The monoisotopic (exact) mass is 508 g/mol. The van der Waals surface area contributed by atoms with Crippen LogP contribution in [0, 0.1) is 5.82 Å². The standard InChI is InChI=1S/C24H21FN6O4S/c1-28-20-19(21(33)29(2)24(28)34)30(12-14-4-8-16(25)9-5-14)22-26-27-23(31(20)22)36-13-18(32)15-6-10-17(35-3)11-7-15/h4-11H,12-13H2,1-3H3. The van der Waals surface area contributed by atoms with Crippen LogP contribution >= 0.6 is 11.8 Å². The van der Waals surface area contributed by atoms with Gasteiger partial charge in [-0.05, 0) is 42.0 Å². The third-order valence-electron chi connectivity index (χ3n) is 5.95. The van der Waals surface area contributed by atoms with Gasteiger partial charge in [0, 0.05) is 19.7 Å². The molecular weight excluding hydrogens is 487 g/mol. The molecule has 184 valence electrons. The lowest BCUT2D eigenvalue weighted by molar-refractivity contribution is 0.102. The van der Waals surface area contributed by atoms with E-state index in [0.717, 1.165) is 21.9 Å². The van der Waals surface area contributed by atoms with E-state index in [1.165, 1.54) is 23.7 Å². The second-order valence-corrected chi connectivity index (χ2v) is 9.09. The summed E-state index contributed by atoms with van der Waals surface area (Å²) < 4.78 is 24.2. The van der Waals surface area contributed by atoms with Crippen molar-refractivity contribution in [3.05, 3.63) is 86.3 Å². The largest absolute Gasteiger partial charge is 0.497 e. The number of rotatable bonds is 7. The van der Waals surface area contributed by atoms with E-state index in [1.807, 2.05) is 0 Å². The van der Waals surface area contributed by atoms with Gasteiger partial charge in [-0.2, -0.15) is 0 Å². The van der Waals surface area contributed by atoms with Gasteiger partial charge in [0.1, 0.15) is 11.6 Å². The van der Waals surface area contributed by atoms with Crippen LogP contribution in [0.1, 0.15) is 15.9 Å². The minimum Gasteiger partial charge on any atom is -0.497 e. The van der Waals surface area contributed by atoms with Crippen molar-refractivity contribution in [2.24, 2.45) is 14.1 Å². The number of hydrogen-bond donors (Lipinski definition) is 0. The molecule has 0 amide bonds. The zero-order chi connectivity index (χ0) is 25.6. The number of methoxy groups -OCH3 is 1. The molecule has 0 unspecified atom stereocenters. The second-order valence-electron chi connectivity index (χ2n) is 8.15. The molecule has 0 saturated carbocycles. The van der Waals surface area contributed by atoms with Gasteiger partial charge in [-0.25, -0.2) is 13.6 Å². The van der Waals surface area contributed by atoms with E-state index in [0.29, 0.717) is 27.9 Å². The Hall–Kier alpha value is -4.19. The van der Waals surface area contributed by atoms with Crippen molar-refractivity contribution in [1.82, 2.24) is 28.3 Å². The quantitative estimate of drug-likeness (QED) is 0.245. The second kappa shape index (κ2) is 9.11. The molecule has 0 N–H and O–H groups in total. The van der Waals surface area contributed by atoms with Crippen molar-refractivity contribution in [3.8, 4) is 5.75 Å². The first kappa shape index (κ1) is 23.5. The van der Waals surface area contributed by atoms with Crippen LogP contribution in [-0.2, 0) is 20.6 Å². The molecule has 0 radical (unpaired) electrons. The topological polar surface area (TPSA) is 105 Å². The molecule has 3 heterocycles. The summed E-state index contributed by atoms with van der Waals surface area (Å²) in [4.78, 5) is 38.7. The van der Waals surface area contributed by atoms with Crippen LogP contribution in [0.25, 0.3) is 16.9 Å². The molecule has 0 aliphatic heterocycles. The molecule has 36 heavy (non-hydrogen) atoms. The highest BCUT2D eigenvalue weighted by Crippen LogP contribution is 2.25. The number of thioether (sulfide) groups is 1. The fourth-order valence-corrected chi connectivity index (χ4v) is 4.86. The third kappa shape index (κ3) is 3.88. The Morgan fingerprint density at radius 3 is 2.36 bits per heavy atom. The van der Waals surface area contributed by atoms with Crippen molar-refractivity contribution in [2.75, 3.05) is 12.9 Å². The number of hydrogen-bond acceptors (Lipinski definition) is 7. The molecule has 0 aliphatic rings. The third-order valence-corrected chi connectivity index (χ3v) is 6.88. The van der Waals surface area contributed by atoms with E-state index in [9.17, 15) is 18.8 Å². The van der Waals surface area contributed by atoms with Gasteiger partial charge < -0.3 is 4.74 Å². The van der Waals surface area contributed by atoms with E-state index in [2.05, 4.69) is 10.2 Å². The van der Waals surface area contributed by atoms with Gasteiger partial charge >= 0.3 is 5.69 Å². The van der Waals surface area contributed by atoms with Crippen molar-refractivity contribution < 1.29 is 13.9 Å². The molecule has 5 aromatic rings. The van der Waals surface area contributed by atoms with Crippen LogP contribution in [0.2, 0.25) is 0 Å². The predicted octanol–water partition coefficient (Wildman–Crippen LogP) is 2.25. The van der Waals surface area contributed by atoms with Crippen molar-refractivity contribution >= 4 is 34.5 Å². The molecule has 10 nitrogen and oxygen atoms in total. The first-order valence-electron chi connectivity index (χ1n) is 10.9. The summed E-state index contributed by atoms with van der Waals surface area (Å²) in [6.45, 7) is 0.203.